The Morgan fingerprint density at radius 1 is 1.29 bits per heavy atom. The van der Waals surface area contributed by atoms with E-state index < -0.39 is 30.0 Å². The van der Waals surface area contributed by atoms with Gasteiger partial charge in [0.25, 0.3) is 0 Å². The van der Waals surface area contributed by atoms with Crippen LogP contribution in [0.15, 0.2) is 0 Å². The Labute approximate surface area is 121 Å². The third kappa shape index (κ3) is 4.33. The molecule has 0 aromatic rings. The van der Waals surface area contributed by atoms with Gasteiger partial charge in [-0.25, -0.2) is 0 Å². The highest BCUT2D eigenvalue weighted by atomic mass is 19.4. The summed E-state index contributed by atoms with van der Waals surface area (Å²) in [5, 5.41) is 7.79. The fourth-order valence-corrected chi connectivity index (χ4v) is 2.77. The molecule has 0 aliphatic carbocycles. The Hall–Kier alpha value is -1.31. The summed E-state index contributed by atoms with van der Waals surface area (Å²) in [6.07, 6.45) is -2.73. The zero-order valence-electron chi connectivity index (χ0n) is 11.6. The Balaban J connectivity index is 1.79. The Kier molecular flexibility index (Phi) is 5.08. The third-order valence-electron chi connectivity index (χ3n) is 4.05. The maximum Gasteiger partial charge on any atom is 0.408 e. The van der Waals surface area contributed by atoms with Gasteiger partial charge in [-0.15, -0.1) is 0 Å². The number of hydrogen-bond acceptors (Lipinski definition) is 3. The van der Waals surface area contributed by atoms with E-state index in [1.807, 2.05) is 5.32 Å². The lowest BCUT2D eigenvalue weighted by molar-refractivity contribution is -0.171. The second-order valence-electron chi connectivity index (χ2n) is 5.69. The fourth-order valence-electron chi connectivity index (χ4n) is 2.77. The lowest BCUT2D eigenvalue weighted by atomic mass is 9.92. The lowest BCUT2D eigenvalue weighted by Crippen LogP contribution is -2.54. The standard InChI is InChI=1S/C13H20F3N3O2/c14-13(15,16)10-4-3-9(12(21)19-10)11(20)18-7-8-2-1-5-17-6-8/h8-10,17H,1-7H2,(H,18,20)(H,19,21). The van der Waals surface area contributed by atoms with Crippen LogP contribution in [0.2, 0.25) is 0 Å². The van der Waals surface area contributed by atoms with Crippen molar-refractivity contribution in [3.8, 4) is 0 Å². The number of piperidine rings is 2. The number of carbonyl (C=O) groups excluding carboxylic acids is 2. The fraction of sp³-hybridized carbons (Fsp3) is 0.846. The smallest absolute Gasteiger partial charge is 0.355 e. The molecule has 5 nitrogen and oxygen atoms in total. The highest BCUT2D eigenvalue weighted by Crippen LogP contribution is 2.28. The van der Waals surface area contributed by atoms with Gasteiger partial charge < -0.3 is 16.0 Å². The van der Waals surface area contributed by atoms with Crippen LogP contribution in [-0.4, -0.2) is 43.7 Å². The molecule has 2 fully saturated rings. The minimum Gasteiger partial charge on any atom is -0.355 e. The molecule has 8 heteroatoms. The highest BCUT2D eigenvalue weighted by Gasteiger charge is 2.45. The zero-order valence-corrected chi connectivity index (χ0v) is 11.6. The normalized spacial score (nSPS) is 30.6. The molecule has 0 bridgehead atoms. The summed E-state index contributed by atoms with van der Waals surface area (Å²) in [4.78, 5) is 23.6. The van der Waals surface area contributed by atoms with E-state index >= 15 is 0 Å². The number of nitrogens with one attached hydrogen (secondary N) is 3. The second-order valence-corrected chi connectivity index (χ2v) is 5.69. The first-order valence-corrected chi connectivity index (χ1v) is 7.23. The highest BCUT2D eigenvalue weighted by molar-refractivity contribution is 6.00. The average Bonchev–Trinajstić information content (AvgIpc) is 2.45. The van der Waals surface area contributed by atoms with Gasteiger partial charge in [0.2, 0.25) is 11.8 Å². The van der Waals surface area contributed by atoms with Crippen LogP contribution in [0.5, 0.6) is 0 Å². The Bertz CT molecular complexity index is 395. The first-order chi connectivity index (χ1) is 9.88. The average molecular weight is 307 g/mol. The number of carbonyl (C=O) groups is 2. The minimum absolute atomic E-state index is 0.0647. The van der Waals surface area contributed by atoms with Crippen molar-refractivity contribution < 1.29 is 22.8 Å². The van der Waals surface area contributed by atoms with Gasteiger partial charge in [0.1, 0.15) is 12.0 Å². The molecule has 2 aliphatic rings. The monoisotopic (exact) mass is 307 g/mol. The van der Waals surface area contributed by atoms with Crippen molar-refractivity contribution in [2.75, 3.05) is 19.6 Å². The van der Waals surface area contributed by atoms with Crippen LogP contribution in [0.1, 0.15) is 25.7 Å². The molecule has 0 aromatic carbocycles. The van der Waals surface area contributed by atoms with Crippen LogP contribution >= 0.6 is 0 Å². The molecule has 2 rings (SSSR count). The SMILES string of the molecule is O=C(NCC1CCCNC1)C1CCC(C(F)(F)F)NC1=O. The van der Waals surface area contributed by atoms with Crippen LogP contribution in [0.4, 0.5) is 13.2 Å². The number of rotatable bonds is 3. The Morgan fingerprint density at radius 2 is 2.05 bits per heavy atom. The Morgan fingerprint density at radius 3 is 2.62 bits per heavy atom. The molecule has 0 saturated carbocycles. The number of halogens is 3. The van der Waals surface area contributed by atoms with Crippen molar-refractivity contribution in [1.82, 2.24) is 16.0 Å². The van der Waals surface area contributed by atoms with Gasteiger partial charge in [0.05, 0.1) is 0 Å². The molecule has 0 radical (unpaired) electrons. The molecular formula is C13H20F3N3O2. The maximum atomic E-state index is 12.5. The molecule has 0 spiro atoms. The van der Waals surface area contributed by atoms with Crippen molar-refractivity contribution >= 4 is 11.8 Å². The van der Waals surface area contributed by atoms with E-state index in [4.69, 9.17) is 0 Å². The molecule has 2 amide bonds. The summed E-state index contributed by atoms with van der Waals surface area (Å²) in [5.41, 5.74) is 0. The topological polar surface area (TPSA) is 70.2 Å². The van der Waals surface area contributed by atoms with Crippen molar-refractivity contribution in [2.45, 2.75) is 37.9 Å². The summed E-state index contributed by atoms with van der Waals surface area (Å²) in [6, 6.07) is -1.84. The second kappa shape index (κ2) is 6.64. The number of hydrogen-bond donors (Lipinski definition) is 3. The minimum atomic E-state index is -4.45. The maximum absolute atomic E-state index is 12.5. The molecule has 2 aliphatic heterocycles. The molecule has 21 heavy (non-hydrogen) atoms. The predicted octanol–water partition coefficient (Wildman–Crippen LogP) is 0.559. The third-order valence-corrected chi connectivity index (χ3v) is 4.05. The quantitative estimate of drug-likeness (QED) is 0.667. The number of amides is 2. The van der Waals surface area contributed by atoms with Gasteiger partial charge in [-0.3, -0.25) is 9.59 Å². The summed E-state index contributed by atoms with van der Waals surface area (Å²) in [6.45, 7) is 2.24. The summed E-state index contributed by atoms with van der Waals surface area (Å²) in [5.74, 6) is -2.00. The van der Waals surface area contributed by atoms with Gasteiger partial charge in [0.15, 0.2) is 0 Å². The summed E-state index contributed by atoms with van der Waals surface area (Å²) >= 11 is 0. The van der Waals surface area contributed by atoms with Crippen LogP contribution in [0.25, 0.3) is 0 Å². The van der Waals surface area contributed by atoms with Crippen molar-refractivity contribution in [3.05, 3.63) is 0 Å². The van der Waals surface area contributed by atoms with Gasteiger partial charge in [-0.05, 0) is 44.7 Å². The molecule has 3 atom stereocenters. The number of alkyl halides is 3. The van der Waals surface area contributed by atoms with Crippen LogP contribution < -0.4 is 16.0 Å². The van der Waals surface area contributed by atoms with Crippen molar-refractivity contribution in [1.29, 1.82) is 0 Å². The molecule has 3 unspecified atom stereocenters. The van der Waals surface area contributed by atoms with E-state index in [1.54, 1.807) is 0 Å². The van der Waals surface area contributed by atoms with E-state index in [0.29, 0.717) is 12.5 Å². The molecule has 0 aromatic heterocycles. The summed E-state index contributed by atoms with van der Waals surface area (Å²) in [7, 11) is 0. The van der Waals surface area contributed by atoms with Gasteiger partial charge in [-0.1, -0.05) is 0 Å². The van der Waals surface area contributed by atoms with Crippen molar-refractivity contribution in [3.63, 3.8) is 0 Å². The molecule has 3 N–H and O–H groups in total. The van der Waals surface area contributed by atoms with Crippen LogP contribution in [0, 0.1) is 11.8 Å². The van der Waals surface area contributed by atoms with Gasteiger partial charge in [-0.2, -0.15) is 13.2 Å². The van der Waals surface area contributed by atoms with E-state index in [9.17, 15) is 22.8 Å². The molecule has 2 saturated heterocycles. The van der Waals surface area contributed by atoms with Crippen molar-refractivity contribution in [2.24, 2.45) is 11.8 Å². The first kappa shape index (κ1) is 16.1. The van der Waals surface area contributed by atoms with Crippen LogP contribution in [0.3, 0.4) is 0 Å². The molecular weight excluding hydrogens is 287 g/mol. The van der Waals surface area contributed by atoms with Crippen LogP contribution in [-0.2, 0) is 9.59 Å². The van der Waals surface area contributed by atoms with E-state index in [-0.39, 0.29) is 12.8 Å². The van der Waals surface area contributed by atoms with Gasteiger partial charge in [0, 0.05) is 6.54 Å². The first-order valence-electron chi connectivity index (χ1n) is 7.23. The van der Waals surface area contributed by atoms with E-state index in [1.165, 1.54) is 0 Å². The molecule has 120 valence electrons. The largest absolute Gasteiger partial charge is 0.408 e. The molecule has 2 heterocycles. The van der Waals surface area contributed by atoms with Gasteiger partial charge >= 0.3 is 6.18 Å². The lowest BCUT2D eigenvalue weighted by Gasteiger charge is -2.30. The zero-order chi connectivity index (χ0) is 15.5. The predicted molar refractivity (Wildman–Crippen MR) is 69.3 cm³/mol. The van der Waals surface area contributed by atoms with E-state index in [0.717, 1.165) is 25.9 Å². The summed E-state index contributed by atoms with van der Waals surface area (Å²) < 4.78 is 37.5. The van der Waals surface area contributed by atoms with E-state index in [2.05, 4.69) is 10.6 Å².